The fraction of sp³-hybridized carbons (Fsp3) is 0.296. The molecule has 1 saturated heterocycles. The van der Waals surface area contributed by atoms with Crippen LogP contribution in [0.1, 0.15) is 11.1 Å². The van der Waals surface area contributed by atoms with Crippen molar-refractivity contribution in [2.45, 2.75) is 47.9 Å². The van der Waals surface area contributed by atoms with E-state index < -0.39 is 42.5 Å². The molecule has 4 rings (SSSR count). The highest BCUT2D eigenvalue weighted by Crippen LogP contribution is 2.35. The Morgan fingerprint density at radius 1 is 0.886 bits per heavy atom. The number of nitrogens with one attached hydrogen (secondary N) is 1. The number of aliphatic hydroxyl groups is 2. The largest absolute Gasteiger partial charge is 0.445 e. The zero-order chi connectivity index (χ0) is 24.5. The van der Waals surface area contributed by atoms with Crippen LogP contribution in [0.3, 0.4) is 0 Å². The smallest absolute Gasteiger partial charge is 0.407 e. The Kier molecular flexibility index (Phi) is 9.16. The Hall–Kier alpha value is -2.88. The molecule has 0 bridgehead atoms. The molecule has 1 fully saturated rings. The molecule has 2 unspecified atom stereocenters. The maximum Gasteiger partial charge on any atom is 0.407 e. The molecule has 1 amide bonds. The van der Waals surface area contributed by atoms with E-state index in [0.717, 1.165) is 16.0 Å². The van der Waals surface area contributed by atoms with E-state index in [1.807, 2.05) is 91.0 Å². The highest BCUT2D eigenvalue weighted by molar-refractivity contribution is 7.99. The number of rotatable bonds is 9. The van der Waals surface area contributed by atoms with Crippen LogP contribution in [0.15, 0.2) is 95.9 Å². The van der Waals surface area contributed by atoms with Crippen LogP contribution in [0.4, 0.5) is 4.79 Å². The normalized spacial score (nSPS) is 24.0. The molecule has 7 nitrogen and oxygen atoms in total. The van der Waals surface area contributed by atoms with Gasteiger partial charge in [0.05, 0.1) is 19.3 Å². The fourth-order valence-corrected chi connectivity index (χ4v) is 4.98. The Balaban J connectivity index is 1.52. The molecule has 1 aliphatic rings. The van der Waals surface area contributed by atoms with Crippen LogP contribution in [-0.4, -0.2) is 52.7 Å². The zero-order valence-electron chi connectivity index (χ0n) is 19.1. The van der Waals surface area contributed by atoms with Gasteiger partial charge in [-0.3, -0.25) is 0 Å². The maximum atomic E-state index is 12.7. The van der Waals surface area contributed by atoms with Crippen molar-refractivity contribution in [2.75, 3.05) is 6.61 Å². The predicted octanol–water partition coefficient (Wildman–Crippen LogP) is 3.74. The van der Waals surface area contributed by atoms with Crippen molar-refractivity contribution in [3.63, 3.8) is 0 Å². The summed E-state index contributed by atoms with van der Waals surface area (Å²) in [6.07, 6.45) is -3.50. The topological polar surface area (TPSA) is 97.3 Å². The first-order valence-electron chi connectivity index (χ1n) is 11.4. The Morgan fingerprint density at radius 3 is 2.06 bits per heavy atom. The second kappa shape index (κ2) is 12.7. The SMILES string of the molecule is O=C(NC1[C@H](O)C(CO)O[C@H](Sc2ccccc2)[C@H]1OCc1ccccc1)OCc1ccccc1. The predicted molar refractivity (Wildman–Crippen MR) is 133 cm³/mol. The maximum absolute atomic E-state index is 12.7. The van der Waals surface area contributed by atoms with Gasteiger partial charge in [-0.1, -0.05) is 90.6 Å². The summed E-state index contributed by atoms with van der Waals surface area (Å²) >= 11 is 1.41. The third-order valence-corrected chi connectivity index (χ3v) is 6.79. The molecule has 5 atom stereocenters. The standard InChI is InChI=1S/C27H29NO6S/c29-16-22-24(30)23(28-27(31)33-18-20-12-6-2-7-13-20)25(32-17-19-10-4-1-5-11-19)26(34-22)35-21-14-8-3-9-15-21/h1-15,22-26,29-30H,16-18H2,(H,28,31)/t22?,23?,24-,25+,26-/m1/s1. The lowest BCUT2D eigenvalue weighted by Gasteiger charge is -2.44. The molecular weight excluding hydrogens is 466 g/mol. The van der Waals surface area contributed by atoms with Crippen molar-refractivity contribution >= 4 is 17.9 Å². The summed E-state index contributed by atoms with van der Waals surface area (Å²) in [6, 6.07) is 27.7. The minimum absolute atomic E-state index is 0.0904. The Bertz CT molecular complexity index is 1040. The molecule has 1 aliphatic heterocycles. The molecule has 3 aromatic rings. The third kappa shape index (κ3) is 7.06. The first-order valence-corrected chi connectivity index (χ1v) is 12.3. The van der Waals surface area contributed by atoms with Gasteiger partial charge in [-0.05, 0) is 23.3 Å². The van der Waals surface area contributed by atoms with E-state index in [1.165, 1.54) is 11.8 Å². The van der Waals surface area contributed by atoms with Crippen LogP contribution >= 0.6 is 11.8 Å². The minimum atomic E-state index is -1.20. The number of carbonyl (C=O) groups excluding carboxylic acids is 1. The number of thioether (sulfide) groups is 1. The van der Waals surface area contributed by atoms with Gasteiger partial charge in [0, 0.05) is 4.90 Å². The summed E-state index contributed by atoms with van der Waals surface area (Å²) in [6.45, 7) is -0.0582. The molecule has 0 saturated carbocycles. The lowest BCUT2D eigenvalue weighted by atomic mass is 9.97. The average molecular weight is 496 g/mol. The van der Waals surface area contributed by atoms with Gasteiger partial charge in [0.2, 0.25) is 0 Å². The lowest BCUT2D eigenvalue weighted by Crippen LogP contribution is -2.64. The van der Waals surface area contributed by atoms with E-state index in [0.29, 0.717) is 0 Å². The summed E-state index contributed by atoms with van der Waals surface area (Å²) in [4.78, 5) is 13.6. The fourth-order valence-electron chi connectivity index (χ4n) is 3.82. The molecule has 35 heavy (non-hydrogen) atoms. The number of amides is 1. The Morgan fingerprint density at radius 2 is 1.46 bits per heavy atom. The Labute approximate surface area is 209 Å². The molecule has 0 radical (unpaired) electrons. The van der Waals surface area contributed by atoms with Crippen LogP contribution in [0.5, 0.6) is 0 Å². The monoisotopic (exact) mass is 495 g/mol. The molecule has 8 heteroatoms. The van der Waals surface area contributed by atoms with Gasteiger partial charge in [0.25, 0.3) is 0 Å². The molecule has 3 aromatic carbocycles. The lowest BCUT2D eigenvalue weighted by molar-refractivity contribution is -0.182. The van der Waals surface area contributed by atoms with Gasteiger partial charge in [0.15, 0.2) is 0 Å². The van der Waals surface area contributed by atoms with Crippen molar-refractivity contribution in [2.24, 2.45) is 0 Å². The number of benzene rings is 3. The summed E-state index contributed by atoms with van der Waals surface area (Å²) in [5, 5.41) is 23.6. The second-order valence-electron chi connectivity index (χ2n) is 8.14. The highest BCUT2D eigenvalue weighted by atomic mass is 32.2. The summed E-state index contributed by atoms with van der Waals surface area (Å²) in [5.41, 5.74) is 1.19. The zero-order valence-corrected chi connectivity index (χ0v) is 19.9. The third-order valence-electron chi connectivity index (χ3n) is 5.64. The van der Waals surface area contributed by atoms with Crippen LogP contribution in [-0.2, 0) is 27.4 Å². The molecule has 0 spiro atoms. The molecule has 3 N–H and O–H groups in total. The van der Waals surface area contributed by atoms with E-state index in [-0.39, 0.29) is 13.2 Å². The minimum Gasteiger partial charge on any atom is -0.445 e. The van der Waals surface area contributed by atoms with Crippen molar-refractivity contribution in [3.05, 3.63) is 102 Å². The van der Waals surface area contributed by atoms with Crippen LogP contribution < -0.4 is 5.32 Å². The first-order chi connectivity index (χ1) is 17.1. The summed E-state index contributed by atoms with van der Waals surface area (Å²) in [7, 11) is 0. The highest BCUT2D eigenvalue weighted by Gasteiger charge is 2.47. The molecule has 0 aliphatic carbocycles. The van der Waals surface area contributed by atoms with Gasteiger partial charge >= 0.3 is 6.09 Å². The number of alkyl carbamates (subject to hydrolysis) is 1. The number of aliphatic hydroxyl groups excluding tert-OH is 2. The van der Waals surface area contributed by atoms with Crippen molar-refractivity contribution in [1.82, 2.24) is 5.32 Å². The van der Waals surface area contributed by atoms with Crippen molar-refractivity contribution in [1.29, 1.82) is 0 Å². The quantitative estimate of drug-likeness (QED) is 0.416. The second-order valence-corrected chi connectivity index (χ2v) is 9.31. The molecule has 0 aromatic heterocycles. The number of ether oxygens (including phenoxy) is 3. The van der Waals surface area contributed by atoms with Gasteiger partial charge < -0.3 is 29.7 Å². The number of carbonyl (C=O) groups is 1. The first kappa shape index (κ1) is 25.2. The van der Waals surface area contributed by atoms with Gasteiger partial charge in [0.1, 0.15) is 30.4 Å². The van der Waals surface area contributed by atoms with Gasteiger partial charge in [-0.2, -0.15) is 0 Å². The van der Waals surface area contributed by atoms with Crippen LogP contribution in [0.25, 0.3) is 0 Å². The van der Waals surface area contributed by atoms with E-state index in [4.69, 9.17) is 14.2 Å². The van der Waals surface area contributed by atoms with Crippen molar-refractivity contribution < 1.29 is 29.2 Å². The van der Waals surface area contributed by atoms with E-state index in [1.54, 1.807) is 0 Å². The van der Waals surface area contributed by atoms with Gasteiger partial charge in [-0.15, -0.1) is 0 Å². The molecule has 1 heterocycles. The summed E-state index contributed by atoms with van der Waals surface area (Å²) < 4.78 is 17.7. The molecular formula is C27H29NO6S. The summed E-state index contributed by atoms with van der Waals surface area (Å²) in [5.74, 6) is 0. The van der Waals surface area contributed by atoms with E-state index >= 15 is 0 Å². The van der Waals surface area contributed by atoms with Crippen LogP contribution in [0, 0.1) is 0 Å². The number of hydrogen-bond donors (Lipinski definition) is 3. The van der Waals surface area contributed by atoms with E-state index in [9.17, 15) is 15.0 Å². The molecule has 184 valence electrons. The average Bonchev–Trinajstić information content (AvgIpc) is 2.90. The van der Waals surface area contributed by atoms with E-state index in [2.05, 4.69) is 5.32 Å². The van der Waals surface area contributed by atoms with Crippen molar-refractivity contribution in [3.8, 4) is 0 Å². The van der Waals surface area contributed by atoms with Crippen LogP contribution in [0.2, 0.25) is 0 Å². The van der Waals surface area contributed by atoms with Gasteiger partial charge in [-0.25, -0.2) is 4.79 Å². The number of hydrogen-bond acceptors (Lipinski definition) is 7.